The summed E-state index contributed by atoms with van der Waals surface area (Å²) >= 11 is 0. The van der Waals surface area contributed by atoms with Crippen molar-refractivity contribution in [2.45, 2.75) is 31.9 Å². The Balaban J connectivity index is 3.07. The van der Waals surface area contributed by atoms with Crippen LogP contribution in [0.2, 0.25) is 0 Å². The number of rotatable bonds is 6. The Morgan fingerprint density at radius 1 is 1.35 bits per heavy atom. The van der Waals surface area contributed by atoms with Crippen molar-refractivity contribution in [3.05, 3.63) is 35.4 Å². The molecule has 0 aliphatic carbocycles. The minimum atomic E-state index is -0.693. The summed E-state index contributed by atoms with van der Waals surface area (Å²) in [5, 5.41) is 0. The van der Waals surface area contributed by atoms with E-state index in [1.54, 1.807) is 0 Å². The average Bonchev–Trinajstić information content (AvgIpc) is 2.32. The third-order valence-corrected chi connectivity index (χ3v) is 2.74. The van der Waals surface area contributed by atoms with Gasteiger partial charge in [-0.3, -0.25) is 11.3 Å². The largest absolute Gasteiger partial charge is 0.379 e. The van der Waals surface area contributed by atoms with Crippen LogP contribution in [0.5, 0.6) is 0 Å². The van der Waals surface area contributed by atoms with Gasteiger partial charge in [0, 0.05) is 12.7 Å². The summed E-state index contributed by atoms with van der Waals surface area (Å²) in [6.45, 7) is 1.97. The quantitative estimate of drug-likeness (QED) is 0.596. The molecule has 0 heterocycles. The van der Waals surface area contributed by atoms with Crippen LogP contribution in [0.15, 0.2) is 18.2 Å². The molecular formula is C12H18F2N2O. The van der Waals surface area contributed by atoms with Crippen LogP contribution in [0.25, 0.3) is 0 Å². The predicted octanol–water partition coefficient (Wildman–Crippen LogP) is 2.28. The third kappa shape index (κ3) is 3.21. The normalized spacial score (nSPS) is 14.6. The molecule has 5 heteroatoms. The van der Waals surface area contributed by atoms with E-state index in [9.17, 15) is 8.78 Å². The van der Waals surface area contributed by atoms with Crippen LogP contribution < -0.4 is 11.3 Å². The zero-order valence-corrected chi connectivity index (χ0v) is 10.0. The van der Waals surface area contributed by atoms with Crippen molar-refractivity contribution < 1.29 is 13.5 Å². The molecule has 0 radical (unpaired) electrons. The van der Waals surface area contributed by atoms with Crippen molar-refractivity contribution in [2.24, 2.45) is 5.84 Å². The van der Waals surface area contributed by atoms with Gasteiger partial charge in [0.2, 0.25) is 0 Å². The number of nitrogens with two attached hydrogens (primary N) is 1. The van der Waals surface area contributed by atoms with E-state index in [4.69, 9.17) is 10.6 Å². The summed E-state index contributed by atoms with van der Waals surface area (Å²) in [5.41, 5.74) is 2.36. The summed E-state index contributed by atoms with van der Waals surface area (Å²) < 4.78 is 32.5. The van der Waals surface area contributed by atoms with Gasteiger partial charge in [-0.2, -0.15) is 0 Å². The molecule has 96 valence electrons. The number of ether oxygens (including phenoxy) is 1. The lowest BCUT2D eigenvalue weighted by Gasteiger charge is -2.26. The van der Waals surface area contributed by atoms with E-state index in [2.05, 4.69) is 5.43 Å². The summed E-state index contributed by atoms with van der Waals surface area (Å²) in [4.78, 5) is 0. The summed E-state index contributed by atoms with van der Waals surface area (Å²) in [6.07, 6.45) is 1.14. The molecule has 2 unspecified atom stereocenters. The number of nitrogens with one attached hydrogen (secondary N) is 1. The summed E-state index contributed by atoms with van der Waals surface area (Å²) in [7, 11) is 1.50. The second kappa shape index (κ2) is 6.64. The zero-order valence-electron chi connectivity index (χ0n) is 10.0. The van der Waals surface area contributed by atoms with E-state index in [0.29, 0.717) is 6.42 Å². The van der Waals surface area contributed by atoms with Gasteiger partial charge in [0.15, 0.2) is 0 Å². The lowest BCUT2D eigenvalue weighted by atomic mass is 9.97. The van der Waals surface area contributed by atoms with Gasteiger partial charge < -0.3 is 4.74 Å². The van der Waals surface area contributed by atoms with E-state index >= 15 is 0 Å². The Morgan fingerprint density at radius 3 is 2.35 bits per heavy atom. The molecule has 3 N–H and O–H groups in total. The van der Waals surface area contributed by atoms with Gasteiger partial charge in [-0.05, 0) is 18.6 Å². The molecule has 0 bridgehead atoms. The first-order valence-corrected chi connectivity index (χ1v) is 5.58. The van der Waals surface area contributed by atoms with E-state index in [1.807, 2.05) is 6.92 Å². The molecule has 3 nitrogen and oxygen atoms in total. The lowest BCUT2D eigenvalue weighted by Crippen LogP contribution is -2.38. The van der Waals surface area contributed by atoms with Gasteiger partial charge in [0.1, 0.15) is 11.6 Å². The predicted molar refractivity (Wildman–Crippen MR) is 62.1 cm³/mol. The zero-order chi connectivity index (χ0) is 12.8. The molecule has 0 saturated heterocycles. The fraction of sp³-hybridized carbons (Fsp3) is 0.500. The molecule has 0 aromatic heterocycles. The molecule has 1 aromatic carbocycles. The van der Waals surface area contributed by atoms with Crippen LogP contribution in [0.1, 0.15) is 31.4 Å². The average molecular weight is 244 g/mol. The number of methoxy groups -OCH3 is 1. The maximum atomic E-state index is 13.6. The molecule has 0 aliphatic rings. The van der Waals surface area contributed by atoms with Gasteiger partial charge in [-0.25, -0.2) is 8.78 Å². The smallest absolute Gasteiger partial charge is 0.131 e. The molecule has 0 amide bonds. The number of hydrogen-bond donors (Lipinski definition) is 2. The number of benzene rings is 1. The third-order valence-electron chi connectivity index (χ3n) is 2.74. The van der Waals surface area contributed by atoms with E-state index in [0.717, 1.165) is 6.42 Å². The lowest BCUT2D eigenvalue weighted by molar-refractivity contribution is 0.0582. The Labute approximate surface area is 99.9 Å². The second-order valence-electron chi connectivity index (χ2n) is 3.84. The standard InChI is InChI=1S/C12H18F2N2O/c1-3-5-10(17-2)12(16-15)11-8(13)6-4-7-9(11)14/h4,6-7,10,12,16H,3,5,15H2,1-2H3. The highest BCUT2D eigenvalue weighted by molar-refractivity contribution is 5.24. The van der Waals surface area contributed by atoms with Crippen LogP contribution in [0.3, 0.4) is 0 Å². The molecular weight excluding hydrogens is 226 g/mol. The monoisotopic (exact) mass is 244 g/mol. The fourth-order valence-electron chi connectivity index (χ4n) is 1.89. The van der Waals surface area contributed by atoms with Crippen LogP contribution in [0.4, 0.5) is 8.78 Å². The molecule has 2 atom stereocenters. The first-order chi connectivity index (χ1) is 8.15. The minimum Gasteiger partial charge on any atom is -0.379 e. The van der Waals surface area contributed by atoms with Crippen molar-refractivity contribution in [3.8, 4) is 0 Å². The van der Waals surface area contributed by atoms with Crippen molar-refractivity contribution >= 4 is 0 Å². The molecule has 0 aliphatic heterocycles. The highest BCUT2D eigenvalue weighted by Crippen LogP contribution is 2.26. The highest BCUT2D eigenvalue weighted by Gasteiger charge is 2.26. The van der Waals surface area contributed by atoms with E-state index in [1.165, 1.54) is 25.3 Å². The number of hydrazine groups is 1. The SMILES string of the molecule is CCCC(OC)C(NN)c1c(F)cccc1F. The van der Waals surface area contributed by atoms with Crippen molar-refractivity contribution in [1.82, 2.24) is 5.43 Å². The molecule has 1 rings (SSSR count). The molecule has 0 saturated carbocycles. The van der Waals surface area contributed by atoms with Crippen molar-refractivity contribution in [2.75, 3.05) is 7.11 Å². The maximum Gasteiger partial charge on any atom is 0.131 e. The first-order valence-electron chi connectivity index (χ1n) is 5.58. The van der Waals surface area contributed by atoms with E-state index < -0.39 is 17.7 Å². The topological polar surface area (TPSA) is 47.3 Å². The molecule has 0 spiro atoms. The van der Waals surface area contributed by atoms with Crippen LogP contribution in [-0.4, -0.2) is 13.2 Å². The molecule has 17 heavy (non-hydrogen) atoms. The Kier molecular flexibility index (Phi) is 5.47. The number of hydrogen-bond acceptors (Lipinski definition) is 3. The van der Waals surface area contributed by atoms with Crippen LogP contribution in [-0.2, 0) is 4.74 Å². The van der Waals surface area contributed by atoms with Gasteiger partial charge in [0.05, 0.1) is 12.1 Å². The number of halogens is 2. The van der Waals surface area contributed by atoms with Gasteiger partial charge in [-0.1, -0.05) is 19.4 Å². The van der Waals surface area contributed by atoms with Crippen molar-refractivity contribution in [1.29, 1.82) is 0 Å². The van der Waals surface area contributed by atoms with Gasteiger partial charge in [-0.15, -0.1) is 0 Å². The van der Waals surface area contributed by atoms with Gasteiger partial charge >= 0.3 is 0 Å². The Morgan fingerprint density at radius 2 is 1.94 bits per heavy atom. The van der Waals surface area contributed by atoms with E-state index in [-0.39, 0.29) is 11.7 Å². The summed E-state index contributed by atoms with van der Waals surface area (Å²) in [5.74, 6) is 4.15. The summed E-state index contributed by atoms with van der Waals surface area (Å²) in [6, 6.07) is 3.05. The Hall–Kier alpha value is -1.04. The fourth-order valence-corrected chi connectivity index (χ4v) is 1.89. The Bertz CT molecular complexity index is 340. The molecule has 0 fully saturated rings. The van der Waals surface area contributed by atoms with Crippen LogP contribution >= 0.6 is 0 Å². The molecule has 1 aromatic rings. The maximum absolute atomic E-state index is 13.6. The second-order valence-corrected chi connectivity index (χ2v) is 3.84. The van der Waals surface area contributed by atoms with Gasteiger partial charge in [0.25, 0.3) is 0 Å². The minimum absolute atomic E-state index is 0.0738. The van der Waals surface area contributed by atoms with Crippen molar-refractivity contribution in [3.63, 3.8) is 0 Å². The first kappa shape index (κ1) is 14.0. The highest BCUT2D eigenvalue weighted by atomic mass is 19.1. The van der Waals surface area contributed by atoms with Crippen LogP contribution in [0, 0.1) is 11.6 Å².